The molecule has 1 heterocycles. The number of anilines is 2. The zero-order chi connectivity index (χ0) is 15.4. The van der Waals surface area contributed by atoms with Crippen molar-refractivity contribution in [3.63, 3.8) is 0 Å². The van der Waals surface area contributed by atoms with E-state index in [-0.39, 0.29) is 5.91 Å². The summed E-state index contributed by atoms with van der Waals surface area (Å²) in [5.74, 6) is 1.05. The van der Waals surface area contributed by atoms with Crippen LogP contribution in [0.1, 0.15) is 55.6 Å². The minimum Gasteiger partial charge on any atom is -0.382 e. The van der Waals surface area contributed by atoms with Crippen LogP contribution < -0.4 is 11.1 Å². The monoisotopic (exact) mass is 310 g/mol. The van der Waals surface area contributed by atoms with Crippen LogP contribution in [0.2, 0.25) is 0 Å². The lowest BCUT2D eigenvalue weighted by Gasteiger charge is -2.33. The fourth-order valence-corrected chi connectivity index (χ4v) is 3.77. The van der Waals surface area contributed by atoms with Crippen molar-refractivity contribution in [2.24, 2.45) is 5.92 Å². The average molecular weight is 310 g/mol. The minimum absolute atomic E-state index is 0.00801. The lowest BCUT2D eigenvalue weighted by Crippen LogP contribution is -2.39. The number of hydrogen-bond donors (Lipinski definition) is 2. The molecule has 1 amide bonds. The maximum atomic E-state index is 12.6. The third kappa shape index (κ3) is 3.87. The van der Waals surface area contributed by atoms with E-state index in [0.717, 1.165) is 30.9 Å². The lowest BCUT2D eigenvalue weighted by molar-refractivity contribution is 0.0678. The number of nitrogens with one attached hydrogen (secondary N) is 1. The minimum atomic E-state index is 0.00801. The molecule has 1 saturated carbocycles. The van der Waals surface area contributed by atoms with Gasteiger partial charge in [-0.2, -0.15) is 0 Å². The maximum Gasteiger partial charge on any atom is 0.267 e. The van der Waals surface area contributed by atoms with Gasteiger partial charge < -0.3 is 16.0 Å². The summed E-state index contributed by atoms with van der Waals surface area (Å²) < 4.78 is 0. The fraction of sp³-hybridized carbons (Fsp3) is 0.733. The molecule has 1 fully saturated rings. The number of aromatic nitrogens is 1. The molecule has 21 heavy (non-hydrogen) atoms. The largest absolute Gasteiger partial charge is 0.382 e. The molecule has 1 aliphatic carbocycles. The quantitative estimate of drug-likeness (QED) is 0.876. The first-order valence-electron chi connectivity index (χ1n) is 7.80. The van der Waals surface area contributed by atoms with E-state index in [0.29, 0.717) is 22.7 Å². The van der Waals surface area contributed by atoms with Crippen LogP contribution in [0.4, 0.5) is 10.9 Å². The Morgan fingerprint density at radius 1 is 1.52 bits per heavy atom. The van der Waals surface area contributed by atoms with E-state index < -0.39 is 0 Å². The summed E-state index contributed by atoms with van der Waals surface area (Å²) in [6.07, 6.45) is 5.66. The summed E-state index contributed by atoms with van der Waals surface area (Å²) >= 11 is 1.36. The second-order valence-electron chi connectivity index (χ2n) is 6.00. The Kier molecular flexibility index (Phi) is 5.45. The normalized spacial score (nSPS) is 22.0. The first-order valence-corrected chi connectivity index (χ1v) is 8.61. The standard InChI is InChI=1S/C15H26N4OS/c1-4-8-17-15-18-13(16)12(21-15)14(20)19(3)11-7-5-6-10(2)9-11/h10-11H,4-9,16H2,1-3H3,(H,17,18). The Hall–Kier alpha value is -1.30. The Morgan fingerprint density at radius 3 is 2.95 bits per heavy atom. The van der Waals surface area contributed by atoms with Gasteiger partial charge in [0.15, 0.2) is 5.13 Å². The molecule has 2 atom stereocenters. The first-order chi connectivity index (χ1) is 10.0. The molecule has 1 aromatic heterocycles. The first kappa shape index (κ1) is 16.1. The van der Waals surface area contributed by atoms with Crippen molar-refractivity contribution in [2.45, 2.75) is 52.0 Å². The van der Waals surface area contributed by atoms with Gasteiger partial charge >= 0.3 is 0 Å². The van der Waals surface area contributed by atoms with Gasteiger partial charge in [0.05, 0.1) is 0 Å². The predicted octanol–water partition coefficient (Wildman–Crippen LogP) is 3.20. The van der Waals surface area contributed by atoms with Gasteiger partial charge in [0.1, 0.15) is 10.7 Å². The third-order valence-electron chi connectivity index (χ3n) is 4.15. The van der Waals surface area contributed by atoms with Crippen LogP contribution in [-0.4, -0.2) is 35.4 Å². The van der Waals surface area contributed by atoms with E-state index in [4.69, 9.17) is 5.73 Å². The Bertz CT molecular complexity index is 488. The summed E-state index contributed by atoms with van der Waals surface area (Å²) in [6.45, 7) is 5.20. The molecule has 2 rings (SSSR count). The molecule has 1 aliphatic rings. The average Bonchev–Trinajstić information content (AvgIpc) is 2.84. The van der Waals surface area contributed by atoms with Crippen molar-refractivity contribution in [1.29, 1.82) is 0 Å². The van der Waals surface area contributed by atoms with Gasteiger partial charge in [-0.25, -0.2) is 4.98 Å². The van der Waals surface area contributed by atoms with Crippen LogP contribution in [0, 0.1) is 5.92 Å². The molecule has 1 aromatic rings. The highest BCUT2D eigenvalue weighted by atomic mass is 32.1. The highest BCUT2D eigenvalue weighted by Gasteiger charge is 2.28. The molecule has 118 valence electrons. The summed E-state index contributed by atoms with van der Waals surface area (Å²) in [5.41, 5.74) is 5.92. The zero-order valence-electron chi connectivity index (χ0n) is 13.2. The van der Waals surface area contributed by atoms with Crippen LogP contribution >= 0.6 is 11.3 Å². The predicted molar refractivity (Wildman–Crippen MR) is 88.8 cm³/mol. The van der Waals surface area contributed by atoms with E-state index in [1.807, 2.05) is 11.9 Å². The topological polar surface area (TPSA) is 71.2 Å². The van der Waals surface area contributed by atoms with Crippen LogP contribution in [-0.2, 0) is 0 Å². The lowest BCUT2D eigenvalue weighted by atomic mass is 9.86. The number of rotatable bonds is 5. The number of hydrogen-bond acceptors (Lipinski definition) is 5. The fourth-order valence-electron chi connectivity index (χ4n) is 2.87. The summed E-state index contributed by atoms with van der Waals surface area (Å²) in [5, 5.41) is 3.93. The molecule has 0 saturated heterocycles. The third-order valence-corrected chi connectivity index (χ3v) is 5.17. The maximum absolute atomic E-state index is 12.6. The van der Waals surface area contributed by atoms with Gasteiger partial charge in [-0.1, -0.05) is 38.0 Å². The summed E-state index contributed by atoms with van der Waals surface area (Å²) in [4.78, 5) is 19.3. The molecule has 3 N–H and O–H groups in total. The van der Waals surface area contributed by atoms with Crippen molar-refractivity contribution in [1.82, 2.24) is 9.88 Å². The number of carbonyl (C=O) groups excluding carboxylic acids is 1. The number of nitrogens with two attached hydrogens (primary N) is 1. The zero-order valence-corrected chi connectivity index (χ0v) is 14.0. The molecular weight excluding hydrogens is 284 g/mol. The Morgan fingerprint density at radius 2 is 2.29 bits per heavy atom. The highest BCUT2D eigenvalue weighted by molar-refractivity contribution is 7.18. The van der Waals surface area contributed by atoms with Gasteiger partial charge in [0.2, 0.25) is 0 Å². The molecule has 2 unspecified atom stereocenters. The smallest absolute Gasteiger partial charge is 0.267 e. The number of nitrogens with zero attached hydrogens (tertiary/aromatic N) is 2. The number of thiazole rings is 1. The second-order valence-corrected chi connectivity index (χ2v) is 7.00. The molecule has 0 aromatic carbocycles. The van der Waals surface area contributed by atoms with Crippen LogP contribution in [0.3, 0.4) is 0 Å². The van der Waals surface area contributed by atoms with E-state index >= 15 is 0 Å². The van der Waals surface area contributed by atoms with Gasteiger partial charge in [-0.15, -0.1) is 0 Å². The molecule has 0 radical (unpaired) electrons. The van der Waals surface area contributed by atoms with Gasteiger partial charge in [0.25, 0.3) is 5.91 Å². The van der Waals surface area contributed by atoms with Gasteiger partial charge in [-0.3, -0.25) is 4.79 Å². The number of nitrogen functional groups attached to an aromatic ring is 1. The Balaban J connectivity index is 2.06. The Labute approximate surface area is 130 Å². The second kappa shape index (κ2) is 7.11. The van der Waals surface area contributed by atoms with E-state index in [1.54, 1.807) is 0 Å². The van der Waals surface area contributed by atoms with Crippen molar-refractivity contribution in [2.75, 3.05) is 24.6 Å². The van der Waals surface area contributed by atoms with E-state index in [1.165, 1.54) is 24.2 Å². The molecule has 0 spiro atoms. The van der Waals surface area contributed by atoms with Crippen molar-refractivity contribution in [3.8, 4) is 0 Å². The SMILES string of the molecule is CCCNc1nc(N)c(C(=O)N(C)C2CCCC(C)C2)s1. The summed E-state index contributed by atoms with van der Waals surface area (Å²) in [7, 11) is 1.89. The molecule has 6 heteroatoms. The van der Waals surface area contributed by atoms with Crippen molar-refractivity contribution in [3.05, 3.63) is 4.88 Å². The molecule has 5 nitrogen and oxygen atoms in total. The van der Waals surface area contributed by atoms with Crippen LogP contribution in [0.5, 0.6) is 0 Å². The number of carbonyl (C=O) groups is 1. The van der Waals surface area contributed by atoms with Crippen molar-refractivity contribution >= 4 is 28.2 Å². The van der Waals surface area contributed by atoms with E-state index in [2.05, 4.69) is 24.1 Å². The molecule has 0 bridgehead atoms. The molecule has 0 aliphatic heterocycles. The number of amides is 1. The van der Waals surface area contributed by atoms with E-state index in [9.17, 15) is 4.79 Å². The van der Waals surface area contributed by atoms with Gasteiger partial charge in [-0.05, 0) is 25.2 Å². The highest BCUT2D eigenvalue weighted by Crippen LogP contribution is 2.30. The van der Waals surface area contributed by atoms with Crippen LogP contribution in [0.15, 0.2) is 0 Å². The summed E-state index contributed by atoms with van der Waals surface area (Å²) in [6, 6.07) is 0.329. The van der Waals surface area contributed by atoms with Crippen LogP contribution in [0.25, 0.3) is 0 Å². The van der Waals surface area contributed by atoms with Gasteiger partial charge in [0, 0.05) is 19.6 Å². The molecular formula is C15H26N4OS. The van der Waals surface area contributed by atoms with Crippen molar-refractivity contribution < 1.29 is 4.79 Å².